The summed E-state index contributed by atoms with van der Waals surface area (Å²) in [7, 11) is 0. The summed E-state index contributed by atoms with van der Waals surface area (Å²) in [4.78, 5) is 42.2. The Morgan fingerprint density at radius 3 is 1.01 bits per heavy atom. The van der Waals surface area contributed by atoms with Crippen molar-refractivity contribution in [1.82, 2.24) is 0 Å². The summed E-state index contributed by atoms with van der Waals surface area (Å²) in [6.07, 6.45) is 68.4. The summed E-state index contributed by atoms with van der Waals surface area (Å²) in [5, 5.41) is 0. The highest BCUT2D eigenvalue weighted by atomic mass is 32.1. The van der Waals surface area contributed by atoms with Gasteiger partial charge in [-0.25, -0.2) is 0 Å². The van der Waals surface area contributed by atoms with Gasteiger partial charge in [0.2, 0.25) is 0 Å². The van der Waals surface area contributed by atoms with Gasteiger partial charge < -0.3 is 0 Å². The third kappa shape index (κ3) is 23.4. The summed E-state index contributed by atoms with van der Waals surface area (Å²) < 4.78 is 0. The molecule has 5 saturated carbocycles. The molecule has 5 aliphatic rings. The SMILES string of the molecule is CCCCCCCCCCCCC(CCCCCCCCCC)CC1C2CC3CC(c4ccc(-c5ccc(CCc6ccc(C)s6)s5)s4)C(=O)C3CC2C(CC(CCCCCCCCCC)CCCCCCCCCCCC)C2CC3CC(c4ccc(C)s4)C(=O)C3CC12. The van der Waals surface area contributed by atoms with Gasteiger partial charge in [-0.15, -0.1) is 45.3 Å². The first-order valence-corrected chi connectivity index (χ1v) is 44.8. The fraction of sp³-hybridized carbons (Fsp3) is 0.795. The minimum absolute atomic E-state index is 0.0569. The van der Waals surface area contributed by atoms with E-state index in [0.29, 0.717) is 58.9 Å². The van der Waals surface area contributed by atoms with Gasteiger partial charge in [-0.3, -0.25) is 9.59 Å². The lowest BCUT2D eigenvalue weighted by atomic mass is 9.45. The molecule has 9 rings (SSSR count). The lowest BCUT2D eigenvalue weighted by Crippen LogP contribution is -2.54. The Labute approximate surface area is 595 Å². The Morgan fingerprint density at radius 2 is 0.638 bits per heavy atom. The van der Waals surface area contributed by atoms with E-state index in [1.54, 1.807) is 0 Å². The van der Waals surface area contributed by atoms with Crippen molar-refractivity contribution in [2.75, 3.05) is 0 Å². The Morgan fingerprint density at radius 1 is 0.330 bits per heavy atom. The molecule has 0 radical (unpaired) electrons. The van der Waals surface area contributed by atoms with Crippen LogP contribution in [0.15, 0.2) is 48.5 Å². The van der Waals surface area contributed by atoms with E-state index in [1.807, 2.05) is 45.3 Å². The van der Waals surface area contributed by atoms with Gasteiger partial charge in [0, 0.05) is 50.9 Å². The van der Waals surface area contributed by atoms with E-state index in [-0.39, 0.29) is 23.7 Å². The van der Waals surface area contributed by atoms with Crippen LogP contribution in [0.2, 0.25) is 0 Å². The number of hydrogen-bond donors (Lipinski definition) is 0. The summed E-state index contributed by atoms with van der Waals surface area (Å²) in [5.74, 6) is 8.59. The summed E-state index contributed by atoms with van der Waals surface area (Å²) >= 11 is 7.80. The molecule has 0 N–H and O–H groups in total. The van der Waals surface area contributed by atoms with E-state index in [1.165, 1.54) is 334 Å². The predicted molar refractivity (Wildman–Crippen MR) is 415 cm³/mol. The zero-order valence-corrected chi connectivity index (χ0v) is 64.8. The average molecular weight is 1360 g/mol. The standard InChI is InChI=1S/C88H140O2S4/c1-7-11-15-19-23-27-29-33-37-41-45-67(43-39-35-31-25-21-17-13-9-3)57-75-77-59-69-61-81(83-53-48-66(6)92-83)87(89)73(69)63-79(77)76(58-68(44-40-36-32-26-22-18-14-10-4)46-42-38-34-30-28-24-20-16-12-8-2)78-60-70-62-82(88(90)74(70)64-80(75)78)84-55-56-86(94-84)85-54-52-72(93-85)51-50-71-49-47-65(5)91-71/h47-49,52-56,67-70,73-82H,7-46,50-51,57-64H2,1-6H3. The molecule has 5 fully saturated rings. The topological polar surface area (TPSA) is 34.1 Å². The van der Waals surface area contributed by atoms with Crippen LogP contribution in [0, 0.1) is 84.9 Å². The molecule has 14 unspecified atom stereocenters. The molecule has 528 valence electrons. The van der Waals surface area contributed by atoms with Crippen molar-refractivity contribution in [2.45, 2.75) is 374 Å². The number of rotatable bonds is 50. The Hall–Kier alpha value is -1.86. The number of carbonyl (C=O) groups excluding carboxylic acids is 2. The fourth-order valence-electron chi connectivity index (χ4n) is 20.4. The lowest BCUT2D eigenvalue weighted by molar-refractivity contribution is -0.138. The molecule has 94 heavy (non-hydrogen) atoms. The van der Waals surface area contributed by atoms with Crippen molar-refractivity contribution >= 4 is 56.9 Å². The number of hydrogen-bond acceptors (Lipinski definition) is 6. The highest BCUT2D eigenvalue weighted by molar-refractivity contribution is 7.22. The molecule has 0 saturated heterocycles. The van der Waals surface area contributed by atoms with Crippen molar-refractivity contribution in [3.8, 4) is 9.75 Å². The monoisotopic (exact) mass is 1360 g/mol. The van der Waals surface area contributed by atoms with Gasteiger partial charge in [0.05, 0.1) is 11.8 Å². The fourth-order valence-corrected chi connectivity index (χ4v) is 24.5. The van der Waals surface area contributed by atoms with Crippen LogP contribution < -0.4 is 0 Å². The van der Waals surface area contributed by atoms with Gasteiger partial charge in [-0.05, 0) is 186 Å². The van der Waals surface area contributed by atoms with Crippen LogP contribution in [0.5, 0.6) is 0 Å². The Balaban J connectivity index is 0.996. The molecule has 0 aromatic carbocycles. The molecular weight excluding hydrogens is 1220 g/mol. The first-order valence-electron chi connectivity index (χ1n) is 41.5. The van der Waals surface area contributed by atoms with Crippen molar-refractivity contribution < 1.29 is 9.59 Å². The van der Waals surface area contributed by atoms with Gasteiger partial charge in [-0.1, -0.05) is 285 Å². The average Bonchev–Trinajstić information content (AvgIpc) is 1.33. The maximum Gasteiger partial charge on any atom is 0.144 e. The lowest BCUT2D eigenvalue weighted by Gasteiger charge is -2.59. The van der Waals surface area contributed by atoms with E-state index in [0.717, 1.165) is 37.5 Å². The van der Waals surface area contributed by atoms with Gasteiger partial charge in [0.1, 0.15) is 11.6 Å². The van der Waals surface area contributed by atoms with Crippen molar-refractivity contribution in [3.63, 3.8) is 0 Å². The molecule has 4 aromatic heterocycles. The zero-order chi connectivity index (χ0) is 65.7. The molecule has 0 bridgehead atoms. The van der Waals surface area contributed by atoms with Gasteiger partial charge in [0.25, 0.3) is 0 Å². The number of thiophene rings is 4. The van der Waals surface area contributed by atoms with Crippen LogP contribution in [0.25, 0.3) is 9.75 Å². The molecule has 4 aromatic rings. The quantitative estimate of drug-likeness (QED) is 0.0413. The van der Waals surface area contributed by atoms with Crippen LogP contribution in [0.3, 0.4) is 0 Å². The van der Waals surface area contributed by atoms with Crippen LogP contribution in [0.1, 0.15) is 377 Å². The molecular formula is C88H140O2S4. The van der Waals surface area contributed by atoms with Gasteiger partial charge in [-0.2, -0.15) is 0 Å². The first-order chi connectivity index (χ1) is 46.2. The minimum atomic E-state index is 0.0569. The first kappa shape index (κ1) is 76.3. The van der Waals surface area contributed by atoms with E-state index in [2.05, 4.69) is 90.1 Å². The summed E-state index contributed by atoms with van der Waals surface area (Å²) in [6, 6.07) is 18.8. The number of aryl methyl sites for hydroxylation is 4. The second kappa shape index (κ2) is 42.4. The third-order valence-electron chi connectivity index (χ3n) is 25.6. The van der Waals surface area contributed by atoms with Crippen LogP contribution >= 0.6 is 45.3 Å². The predicted octanol–water partition coefficient (Wildman–Crippen LogP) is 29.3. The van der Waals surface area contributed by atoms with E-state index >= 15 is 9.59 Å². The van der Waals surface area contributed by atoms with Crippen molar-refractivity contribution in [3.05, 3.63) is 77.8 Å². The van der Waals surface area contributed by atoms with E-state index < -0.39 is 0 Å². The molecule has 5 aliphatic carbocycles. The number of ketones is 2. The highest BCUT2D eigenvalue weighted by Gasteiger charge is 2.61. The number of fused-ring (bicyclic) bond motifs is 4. The van der Waals surface area contributed by atoms with Crippen LogP contribution in [0.4, 0.5) is 0 Å². The maximum absolute atomic E-state index is 15.7. The molecule has 0 amide bonds. The third-order valence-corrected chi connectivity index (χ3v) is 30.3. The number of Topliss-reactive ketones (excluding diaryl/α,β-unsaturated/α-hetero) is 2. The second-order valence-electron chi connectivity index (χ2n) is 32.6. The molecule has 2 nitrogen and oxygen atoms in total. The van der Waals surface area contributed by atoms with Gasteiger partial charge in [0.15, 0.2) is 0 Å². The largest absolute Gasteiger partial charge is 0.299 e. The number of carbonyl (C=O) groups is 2. The summed E-state index contributed by atoms with van der Waals surface area (Å²) in [6.45, 7) is 13.9. The number of unbranched alkanes of at least 4 members (excludes halogenated alkanes) is 32. The molecule has 6 heteroatoms. The van der Waals surface area contributed by atoms with Gasteiger partial charge >= 0.3 is 0 Å². The highest BCUT2D eigenvalue weighted by Crippen LogP contribution is 2.66. The zero-order valence-electron chi connectivity index (χ0n) is 61.5. The van der Waals surface area contributed by atoms with Crippen molar-refractivity contribution in [2.24, 2.45) is 71.0 Å². The molecule has 0 aliphatic heterocycles. The van der Waals surface area contributed by atoms with Crippen LogP contribution in [-0.4, -0.2) is 11.6 Å². The summed E-state index contributed by atoms with van der Waals surface area (Å²) in [5.41, 5.74) is 0. The molecule has 0 spiro atoms. The Kier molecular flexibility index (Phi) is 34.4. The smallest absolute Gasteiger partial charge is 0.144 e. The van der Waals surface area contributed by atoms with Crippen molar-refractivity contribution in [1.29, 1.82) is 0 Å². The normalized spacial score (nSPS) is 25.6. The van der Waals surface area contributed by atoms with Crippen LogP contribution in [-0.2, 0) is 22.4 Å². The Bertz CT molecular complexity index is 2630. The maximum atomic E-state index is 15.7. The van der Waals surface area contributed by atoms with E-state index in [9.17, 15) is 0 Å². The molecule has 14 atom stereocenters. The molecule has 4 heterocycles. The second-order valence-corrected chi connectivity index (χ2v) is 37.6. The minimum Gasteiger partial charge on any atom is -0.299 e. The van der Waals surface area contributed by atoms with E-state index in [4.69, 9.17) is 0 Å².